The van der Waals surface area contributed by atoms with Crippen LogP contribution < -0.4 is 5.73 Å². The summed E-state index contributed by atoms with van der Waals surface area (Å²) in [6.45, 7) is -0.171. The molecule has 0 aliphatic rings. The molecule has 1 heterocycles. The van der Waals surface area contributed by atoms with Gasteiger partial charge >= 0.3 is 0 Å². The second-order valence-corrected chi connectivity index (χ2v) is 2.39. The number of rotatable bonds is 3. The Morgan fingerprint density at radius 1 is 1.67 bits per heavy atom. The predicted octanol–water partition coefficient (Wildman–Crippen LogP) is -0.114. The standard InChI is InChI=1S/C8H10N2O2/c9-7(5-12)8-3-1-2-6(4-11)10-8/h1-4,7,12H,5,9H2/t7-/m0/s1. The van der Waals surface area contributed by atoms with Crippen LogP contribution in [0.5, 0.6) is 0 Å². The van der Waals surface area contributed by atoms with Gasteiger partial charge in [0.2, 0.25) is 0 Å². The number of carbonyl (C=O) groups is 1. The van der Waals surface area contributed by atoms with Crippen LogP contribution in [0.3, 0.4) is 0 Å². The summed E-state index contributed by atoms with van der Waals surface area (Å²) in [6.07, 6.45) is 0.646. The minimum Gasteiger partial charge on any atom is -0.394 e. The summed E-state index contributed by atoms with van der Waals surface area (Å²) in [5.41, 5.74) is 6.35. The lowest BCUT2D eigenvalue weighted by atomic mass is 10.2. The van der Waals surface area contributed by atoms with Gasteiger partial charge in [-0.3, -0.25) is 4.79 Å². The normalized spacial score (nSPS) is 12.5. The lowest BCUT2D eigenvalue weighted by Gasteiger charge is -2.06. The molecular weight excluding hydrogens is 156 g/mol. The molecule has 0 fully saturated rings. The van der Waals surface area contributed by atoms with E-state index in [-0.39, 0.29) is 6.61 Å². The fraction of sp³-hybridized carbons (Fsp3) is 0.250. The average Bonchev–Trinajstić information content (AvgIpc) is 2.17. The highest BCUT2D eigenvalue weighted by Crippen LogP contribution is 2.05. The van der Waals surface area contributed by atoms with Gasteiger partial charge in [0.05, 0.1) is 18.3 Å². The number of aliphatic hydroxyl groups is 1. The Bertz CT molecular complexity index is 276. The van der Waals surface area contributed by atoms with Crippen molar-refractivity contribution in [2.24, 2.45) is 5.73 Å². The van der Waals surface area contributed by atoms with Crippen molar-refractivity contribution in [3.63, 3.8) is 0 Å². The van der Waals surface area contributed by atoms with Crippen LogP contribution in [0.25, 0.3) is 0 Å². The number of pyridine rings is 1. The van der Waals surface area contributed by atoms with Crippen molar-refractivity contribution in [2.75, 3.05) is 6.61 Å². The SMILES string of the molecule is N[C@@H](CO)c1cccc(C=O)n1. The van der Waals surface area contributed by atoms with Crippen molar-refractivity contribution in [3.8, 4) is 0 Å². The van der Waals surface area contributed by atoms with Crippen molar-refractivity contribution in [1.29, 1.82) is 0 Å². The number of aromatic nitrogens is 1. The molecule has 0 saturated carbocycles. The van der Waals surface area contributed by atoms with Crippen LogP contribution in [-0.2, 0) is 0 Å². The van der Waals surface area contributed by atoms with E-state index < -0.39 is 6.04 Å². The van der Waals surface area contributed by atoms with Gasteiger partial charge in [-0.1, -0.05) is 6.07 Å². The molecular formula is C8H10N2O2. The number of aldehydes is 1. The second-order valence-electron chi connectivity index (χ2n) is 2.39. The van der Waals surface area contributed by atoms with Crippen LogP contribution in [-0.4, -0.2) is 23.0 Å². The van der Waals surface area contributed by atoms with E-state index in [0.717, 1.165) is 0 Å². The summed E-state index contributed by atoms with van der Waals surface area (Å²) in [7, 11) is 0. The van der Waals surface area contributed by atoms with Gasteiger partial charge in [-0.05, 0) is 12.1 Å². The summed E-state index contributed by atoms with van der Waals surface area (Å²) in [5.74, 6) is 0. The second kappa shape index (κ2) is 3.94. The molecule has 0 saturated heterocycles. The maximum Gasteiger partial charge on any atom is 0.168 e. The van der Waals surface area contributed by atoms with Gasteiger partial charge in [-0.2, -0.15) is 0 Å². The summed E-state index contributed by atoms with van der Waals surface area (Å²) in [6, 6.07) is 4.43. The molecule has 3 N–H and O–H groups in total. The maximum absolute atomic E-state index is 10.3. The minimum absolute atomic E-state index is 0.171. The zero-order valence-electron chi connectivity index (χ0n) is 6.47. The van der Waals surface area contributed by atoms with Gasteiger partial charge in [0.25, 0.3) is 0 Å². The van der Waals surface area contributed by atoms with Crippen molar-refractivity contribution >= 4 is 6.29 Å². The first-order valence-electron chi connectivity index (χ1n) is 3.56. The van der Waals surface area contributed by atoms with Crippen LogP contribution >= 0.6 is 0 Å². The monoisotopic (exact) mass is 166 g/mol. The van der Waals surface area contributed by atoms with Crippen molar-refractivity contribution in [1.82, 2.24) is 4.98 Å². The van der Waals surface area contributed by atoms with Crippen molar-refractivity contribution < 1.29 is 9.90 Å². The Balaban J connectivity index is 2.93. The number of nitrogens with two attached hydrogens (primary N) is 1. The zero-order chi connectivity index (χ0) is 8.97. The molecule has 4 nitrogen and oxygen atoms in total. The van der Waals surface area contributed by atoms with E-state index in [1.165, 1.54) is 0 Å². The van der Waals surface area contributed by atoms with Crippen LogP contribution in [0.15, 0.2) is 18.2 Å². The molecule has 64 valence electrons. The van der Waals surface area contributed by atoms with Gasteiger partial charge < -0.3 is 10.8 Å². The van der Waals surface area contributed by atoms with E-state index in [0.29, 0.717) is 17.7 Å². The molecule has 0 aromatic carbocycles. The van der Waals surface area contributed by atoms with Crippen LogP contribution in [0, 0.1) is 0 Å². The van der Waals surface area contributed by atoms with Crippen molar-refractivity contribution in [3.05, 3.63) is 29.6 Å². The number of hydrogen-bond donors (Lipinski definition) is 2. The third kappa shape index (κ3) is 1.87. The van der Waals surface area contributed by atoms with Gasteiger partial charge in [-0.25, -0.2) is 4.98 Å². The van der Waals surface area contributed by atoms with Gasteiger partial charge in [0, 0.05) is 0 Å². The van der Waals surface area contributed by atoms with E-state index in [1.54, 1.807) is 18.2 Å². The van der Waals surface area contributed by atoms with Crippen LogP contribution in [0.4, 0.5) is 0 Å². The number of carbonyl (C=O) groups excluding carboxylic acids is 1. The molecule has 0 bridgehead atoms. The summed E-state index contributed by atoms with van der Waals surface area (Å²) in [5, 5.41) is 8.70. The molecule has 1 aromatic rings. The van der Waals surface area contributed by atoms with Gasteiger partial charge in [0.15, 0.2) is 6.29 Å². The highest BCUT2D eigenvalue weighted by atomic mass is 16.3. The first-order chi connectivity index (χ1) is 5.77. The highest BCUT2D eigenvalue weighted by molar-refractivity contribution is 5.71. The molecule has 12 heavy (non-hydrogen) atoms. The van der Waals surface area contributed by atoms with Crippen LogP contribution in [0.1, 0.15) is 22.2 Å². The largest absolute Gasteiger partial charge is 0.394 e. The molecule has 1 rings (SSSR count). The lowest BCUT2D eigenvalue weighted by Crippen LogP contribution is -2.16. The highest BCUT2D eigenvalue weighted by Gasteiger charge is 2.05. The minimum atomic E-state index is -0.509. The Kier molecular flexibility index (Phi) is 2.90. The molecule has 0 aliphatic heterocycles. The number of aliphatic hydroxyl groups excluding tert-OH is 1. The molecule has 1 aromatic heterocycles. The Hall–Kier alpha value is -1.26. The van der Waals surface area contributed by atoms with Crippen LogP contribution in [0.2, 0.25) is 0 Å². The molecule has 4 heteroatoms. The Morgan fingerprint density at radius 3 is 3.00 bits per heavy atom. The van der Waals surface area contributed by atoms with E-state index in [4.69, 9.17) is 10.8 Å². The van der Waals surface area contributed by atoms with Gasteiger partial charge in [0.1, 0.15) is 5.69 Å². The topological polar surface area (TPSA) is 76.2 Å². The molecule has 0 radical (unpaired) electrons. The molecule has 0 amide bonds. The fourth-order valence-corrected chi connectivity index (χ4v) is 0.835. The van der Waals surface area contributed by atoms with E-state index in [1.807, 2.05) is 0 Å². The smallest absolute Gasteiger partial charge is 0.168 e. The summed E-state index contributed by atoms with van der Waals surface area (Å²) >= 11 is 0. The van der Waals surface area contributed by atoms with E-state index >= 15 is 0 Å². The quantitative estimate of drug-likeness (QED) is 0.614. The summed E-state index contributed by atoms with van der Waals surface area (Å²) in [4.78, 5) is 14.2. The Labute approximate surface area is 70.0 Å². The van der Waals surface area contributed by atoms with Gasteiger partial charge in [-0.15, -0.1) is 0 Å². The van der Waals surface area contributed by atoms with Crippen molar-refractivity contribution in [2.45, 2.75) is 6.04 Å². The molecule has 1 atom stereocenters. The molecule has 0 unspecified atom stereocenters. The number of hydrogen-bond acceptors (Lipinski definition) is 4. The molecule has 0 spiro atoms. The third-order valence-electron chi connectivity index (χ3n) is 1.49. The first kappa shape index (κ1) is 8.83. The van der Waals surface area contributed by atoms with E-state index in [2.05, 4.69) is 4.98 Å². The lowest BCUT2D eigenvalue weighted by molar-refractivity contribution is 0.111. The zero-order valence-corrected chi connectivity index (χ0v) is 6.47. The predicted molar refractivity (Wildman–Crippen MR) is 43.6 cm³/mol. The molecule has 0 aliphatic carbocycles. The summed E-state index contributed by atoms with van der Waals surface area (Å²) < 4.78 is 0. The maximum atomic E-state index is 10.3. The fourth-order valence-electron chi connectivity index (χ4n) is 0.835. The third-order valence-corrected chi connectivity index (χ3v) is 1.49. The first-order valence-corrected chi connectivity index (χ1v) is 3.56. The average molecular weight is 166 g/mol. The Morgan fingerprint density at radius 2 is 2.42 bits per heavy atom. The van der Waals surface area contributed by atoms with E-state index in [9.17, 15) is 4.79 Å². The number of nitrogens with zero attached hydrogens (tertiary/aromatic N) is 1.